The van der Waals surface area contributed by atoms with Gasteiger partial charge in [0.1, 0.15) is 17.6 Å². The summed E-state index contributed by atoms with van der Waals surface area (Å²) >= 11 is 0. The van der Waals surface area contributed by atoms with Gasteiger partial charge in [-0.2, -0.15) is 0 Å². The molecule has 0 amide bonds. The lowest BCUT2D eigenvalue weighted by molar-refractivity contribution is 0.255. The van der Waals surface area contributed by atoms with Crippen molar-refractivity contribution in [3.05, 3.63) is 71.8 Å². The Morgan fingerprint density at radius 1 is 1.11 bits per heavy atom. The van der Waals surface area contributed by atoms with Gasteiger partial charge in [-0.25, -0.2) is 0 Å². The van der Waals surface area contributed by atoms with Crippen LogP contribution in [-0.4, -0.2) is 7.11 Å². The molecule has 0 fully saturated rings. The van der Waals surface area contributed by atoms with Crippen LogP contribution in [0.4, 0.5) is 0 Å². The van der Waals surface area contributed by atoms with Crippen LogP contribution in [0.25, 0.3) is 0 Å². The fourth-order valence-electron chi connectivity index (χ4n) is 2.28. The molecule has 0 saturated heterocycles. The van der Waals surface area contributed by atoms with E-state index >= 15 is 0 Å². The molecule has 0 N–H and O–H groups in total. The van der Waals surface area contributed by atoms with Crippen LogP contribution in [-0.2, 0) is 6.42 Å². The van der Waals surface area contributed by atoms with E-state index in [1.807, 2.05) is 36.4 Å². The van der Waals surface area contributed by atoms with E-state index in [2.05, 4.69) is 24.3 Å². The second-order valence-corrected chi connectivity index (χ2v) is 4.56. The van der Waals surface area contributed by atoms with E-state index in [4.69, 9.17) is 9.47 Å². The summed E-state index contributed by atoms with van der Waals surface area (Å²) in [5.74, 6) is 1.81. The first-order valence-corrected chi connectivity index (χ1v) is 6.42. The summed E-state index contributed by atoms with van der Waals surface area (Å²) in [4.78, 5) is 0. The van der Waals surface area contributed by atoms with Crippen molar-refractivity contribution in [2.75, 3.05) is 7.11 Å². The van der Waals surface area contributed by atoms with Gasteiger partial charge in [-0.1, -0.05) is 36.4 Å². The van der Waals surface area contributed by atoms with Crippen LogP contribution in [0.3, 0.4) is 0 Å². The van der Waals surface area contributed by atoms with Gasteiger partial charge in [-0.15, -0.1) is 0 Å². The normalized spacial score (nSPS) is 17.2. The molecule has 1 aliphatic heterocycles. The van der Waals surface area contributed by atoms with Crippen molar-refractivity contribution in [2.24, 2.45) is 0 Å². The zero-order chi connectivity index (χ0) is 13.1. The standard InChI is InChI=1S/C17H16O2/c1-18-15-9-4-8-14(12-15)17-11-5-7-13-6-2-3-10-16(13)19-17/h2-6,8-12,17H,7H2,1H3. The lowest BCUT2D eigenvalue weighted by Gasteiger charge is -2.16. The quantitative estimate of drug-likeness (QED) is 0.754. The number of methoxy groups -OCH3 is 1. The molecule has 0 aliphatic carbocycles. The van der Waals surface area contributed by atoms with Crippen LogP contribution in [0.15, 0.2) is 60.7 Å². The molecular formula is C17H16O2. The van der Waals surface area contributed by atoms with Crippen molar-refractivity contribution in [1.82, 2.24) is 0 Å². The first-order chi connectivity index (χ1) is 9.36. The topological polar surface area (TPSA) is 18.5 Å². The molecule has 1 atom stereocenters. The molecule has 2 nitrogen and oxygen atoms in total. The molecule has 1 unspecified atom stereocenters. The predicted octanol–water partition coefficient (Wildman–Crippen LogP) is 3.93. The molecule has 19 heavy (non-hydrogen) atoms. The molecule has 0 aromatic heterocycles. The molecule has 3 rings (SSSR count). The van der Waals surface area contributed by atoms with Gasteiger partial charge in [0, 0.05) is 0 Å². The molecule has 96 valence electrons. The van der Waals surface area contributed by atoms with Gasteiger partial charge in [0.25, 0.3) is 0 Å². The van der Waals surface area contributed by atoms with Crippen molar-refractivity contribution in [3.8, 4) is 11.5 Å². The third-order valence-electron chi connectivity index (χ3n) is 3.30. The summed E-state index contributed by atoms with van der Waals surface area (Å²) < 4.78 is 11.4. The summed E-state index contributed by atoms with van der Waals surface area (Å²) in [6.07, 6.45) is 5.13. The van der Waals surface area contributed by atoms with Crippen LogP contribution in [0.5, 0.6) is 11.5 Å². The Morgan fingerprint density at radius 2 is 2.00 bits per heavy atom. The zero-order valence-electron chi connectivity index (χ0n) is 10.9. The van der Waals surface area contributed by atoms with Crippen LogP contribution in [0.1, 0.15) is 17.2 Å². The average Bonchev–Trinajstić information content (AvgIpc) is 2.69. The number of hydrogen-bond acceptors (Lipinski definition) is 2. The summed E-state index contributed by atoms with van der Waals surface area (Å²) in [5.41, 5.74) is 2.33. The third-order valence-corrected chi connectivity index (χ3v) is 3.30. The van der Waals surface area contributed by atoms with Gasteiger partial charge in [0.15, 0.2) is 0 Å². The van der Waals surface area contributed by atoms with Crippen LogP contribution in [0.2, 0.25) is 0 Å². The molecule has 2 aromatic rings. The van der Waals surface area contributed by atoms with Crippen molar-refractivity contribution in [2.45, 2.75) is 12.5 Å². The molecule has 0 radical (unpaired) electrons. The molecular weight excluding hydrogens is 236 g/mol. The van der Waals surface area contributed by atoms with E-state index in [1.165, 1.54) is 5.56 Å². The molecule has 2 aromatic carbocycles. The number of para-hydroxylation sites is 1. The number of benzene rings is 2. The number of fused-ring (bicyclic) bond motifs is 1. The highest BCUT2D eigenvalue weighted by Crippen LogP contribution is 2.31. The molecule has 2 heteroatoms. The maximum Gasteiger partial charge on any atom is 0.142 e. The largest absolute Gasteiger partial charge is 0.497 e. The summed E-state index contributed by atoms with van der Waals surface area (Å²) in [7, 11) is 1.68. The summed E-state index contributed by atoms with van der Waals surface area (Å²) in [5, 5.41) is 0. The minimum Gasteiger partial charge on any atom is -0.497 e. The highest BCUT2D eigenvalue weighted by atomic mass is 16.5. The minimum atomic E-state index is -0.0567. The smallest absolute Gasteiger partial charge is 0.142 e. The second-order valence-electron chi connectivity index (χ2n) is 4.56. The van der Waals surface area contributed by atoms with Crippen LogP contribution < -0.4 is 9.47 Å². The molecule has 1 heterocycles. The molecule has 0 spiro atoms. The number of rotatable bonds is 2. The number of allylic oxidation sites excluding steroid dienone is 1. The fourth-order valence-corrected chi connectivity index (χ4v) is 2.28. The number of hydrogen-bond donors (Lipinski definition) is 0. The first kappa shape index (κ1) is 11.8. The lowest BCUT2D eigenvalue weighted by atomic mass is 10.1. The third kappa shape index (κ3) is 2.48. The van der Waals surface area contributed by atoms with E-state index in [1.54, 1.807) is 7.11 Å². The minimum absolute atomic E-state index is 0.0567. The van der Waals surface area contributed by atoms with Gasteiger partial charge < -0.3 is 9.47 Å². The Labute approximate surface area is 113 Å². The van der Waals surface area contributed by atoms with Gasteiger partial charge in [0.05, 0.1) is 7.11 Å². The van der Waals surface area contributed by atoms with E-state index in [0.717, 1.165) is 23.5 Å². The van der Waals surface area contributed by atoms with Crippen LogP contribution in [0, 0.1) is 0 Å². The van der Waals surface area contributed by atoms with Crippen molar-refractivity contribution < 1.29 is 9.47 Å². The summed E-state index contributed by atoms with van der Waals surface area (Å²) in [6.45, 7) is 0. The summed E-state index contributed by atoms with van der Waals surface area (Å²) in [6, 6.07) is 16.2. The van der Waals surface area contributed by atoms with Crippen molar-refractivity contribution in [1.29, 1.82) is 0 Å². The van der Waals surface area contributed by atoms with Gasteiger partial charge >= 0.3 is 0 Å². The lowest BCUT2D eigenvalue weighted by Crippen LogP contribution is -2.04. The van der Waals surface area contributed by atoms with E-state index in [-0.39, 0.29) is 6.10 Å². The Kier molecular flexibility index (Phi) is 3.23. The van der Waals surface area contributed by atoms with Crippen molar-refractivity contribution in [3.63, 3.8) is 0 Å². The Bertz CT molecular complexity index is 602. The van der Waals surface area contributed by atoms with E-state index in [0.29, 0.717) is 0 Å². The van der Waals surface area contributed by atoms with E-state index in [9.17, 15) is 0 Å². The monoisotopic (exact) mass is 252 g/mol. The Hall–Kier alpha value is -2.22. The Morgan fingerprint density at radius 3 is 2.89 bits per heavy atom. The van der Waals surface area contributed by atoms with Gasteiger partial charge in [0.2, 0.25) is 0 Å². The Balaban J connectivity index is 1.93. The molecule has 0 saturated carbocycles. The van der Waals surface area contributed by atoms with E-state index < -0.39 is 0 Å². The molecule has 1 aliphatic rings. The van der Waals surface area contributed by atoms with Gasteiger partial charge in [-0.3, -0.25) is 0 Å². The fraction of sp³-hybridized carbons (Fsp3) is 0.176. The molecule has 0 bridgehead atoms. The maximum absolute atomic E-state index is 6.10. The van der Waals surface area contributed by atoms with Crippen LogP contribution >= 0.6 is 0 Å². The maximum atomic E-state index is 6.10. The zero-order valence-corrected chi connectivity index (χ0v) is 10.9. The second kappa shape index (κ2) is 5.19. The predicted molar refractivity (Wildman–Crippen MR) is 75.6 cm³/mol. The SMILES string of the molecule is COc1cccc(C2C=CCc3ccccc3O2)c1. The first-order valence-electron chi connectivity index (χ1n) is 6.42. The highest BCUT2D eigenvalue weighted by molar-refractivity contribution is 5.39. The van der Waals surface area contributed by atoms with Gasteiger partial charge in [-0.05, 0) is 41.8 Å². The highest BCUT2D eigenvalue weighted by Gasteiger charge is 2.15. The van der Waals surface area contributed by atoms with Crippen molar-refractivity contribution >= 4 is 0 Å². The number of ether oxygens (including phenoxy) is 2. The average molecular weight is 252 g/mol.